The van der Waals surface area contributed by atoms with Gasteiger partial charge in [0.25, 0.3) is 11.8 Å². The van der Waals surface area contributed by atoms with Crippen LogP contribution in [0.4, 0.5) is 8.78 Å². The van der Waals surface area contributed by atoms with Crippen LogP contribution in [-0.2, 0) is 21.8 Å². The van der Waals surface area contributed by atoms with Gasteiger partial charge in [-0.25, -0.2) is 8.78 Å². The van der Waals surface area contributed by atoms with Crippen LogP contribution in [0.5, 0.6) is 0 Å². The lowest BCUT2D eigenvalue weighted by molar-refractivity contribution is -0.136. The van der Waals surface area contributed by atoms with E-state index in [1.54, 1.807) is 30.5 Å². The fraction of sp³-hybridized carbons (Fsp3) is 0.130. The molecule has 4 nitrogen and oxygen atoms in total. The van der Waals surface area contributed by atoms with Crippen LogP contribution >= 0.6 is 11.8 Å². The first-order chi connectivity index (χ1) is 14.5. The van der Waals surface area contributed by atoms with E-state index in [0.29, 0.717) is 28.4 Å². The molecule has 0 saturated carbocycles. The van der Waals surface area contributed by atoms with Gasteiger partial charge in [-0.1, -0.05) is 24.3 Å². The van der Waals surface area contributed by atoms with E-state index in [9.17, 15) is 18.4 Å². The van der Waals surface area contributed by atoms with Crippen molar-refractivity contribution < 1.29 is 22.8 Å². The topological polar surface area (TPSA) is 50.5 Å². The zero-order chi connectivity index (χ0) is 21.1. The molecule has 7 heteroatoms. The molecule has 0 radical (unpaired) electrons. The molecular formula is C23H17F2NO3S. The Balaban J connectivity index is 1.59. The summed E-state index contributed by atoms with van der Waals surface area (Å²) in [4.78, 5) is 27.7. The van der Waals surface area contributed by atoms with Gasteiger partial charge >= 0.3 is 0 Å². The summed E-state index contributed by atoms with van der Waals surface area (Å²) in [6.45, 7) is 0.165. The number of carbonyl (C=O) groups excluding carboxylic acids is 2. The van der Waals surface area contributed by atoms with E-state index in [1.807, 2.05) is 0 Å². The summed E-state index contributed by atoms with van der Waals surface area (Å²) >= 11 is 1.22. The lowest BCUT2D eigenvalue weighted by Gasteiger charge is -2.15. The van der Waals surface area contributed by atoms with Crippen LogP contribution < -0.4 is 0 Å². The van der Waals surface area contributed by atoms with Crippen molar-refractivity contribution in [3.63, 3.8) is 0 Å². The molecule has 0 aliphatic carbocycles. The Labute approximate surface area is 176 Å². The monoisotopic (exact) mass is 425 g/mol. The van der Waals surface area contributed by atoms with E-state index in [0.717, 1.165) is 5.56 Å². The van der Waals surface area contributed by atoms with Crippen molar-refractivity contribution in [2.45, 2.75) is 12.2 Å². The molecular weight excluding hydrogens is 408 g/mol. The summed E-state index contributed by atoms with van der Waals surface area (Å²) in [6.07, 6.45) is 1.95. The molecule has 152 valence electrons. The fourth-order valence-electron chi connectivity index (χ4n) is 3.19. The first-order valence-corrected chi connectivity index (χ1v) is 10.3. The second-order valence-corrected chi connectivity index (χ2v) is 7.70. The molecule has 0 unspecified atom stereocenters. The predicted molar refractivity (Wildman–Crippen MR) is 110 cm³/mol. The van der Waals surface area contributed by atoms with Gasteiger partial charge in [-0.05, 0) is 53.9 Å². The van der Waals surface area contributed by atoms with Crippen molar-refractivity contribution in [1.29, 1.82) is 0 Å². The first kappa shape index (κ1) is 20.1. The van der Waals surface area contributed by atoms with Gasteiger partial charge in [0.1, 0.15) is 17.4 Å². The van der Waals surface area contributed by atoms with Crippen molar-refractivity contribution in [2.24, 2.45) is 0 Å². The van der Waals surface area contributed by atoms with Gasteiger partial charge in [-0.15, -0.1) is 11.8 Å². The van der Waals surface area contributed by atoms with Crippen LogP contribution in [0.1, 0.15) is 16.9 Å². The van der Waals surface area contributed by atoms with E-state index in [-0.39, 0.29) is 17.9 Å². The maximum Gasteiger partial charge on any atom is 0.268 e. The lowest BCUT2D eigenvalue weighted by Crippen LogP contribution is -2.33. The highest BCUT2D eigenvalue weighted by Crippen LogP contribution is 2.37. The van der Waals surface area contributed by atoms with Crippen LogP contribution in [0, 0.1) is 11.6 Å². The van der Waals surface area contributed by atoms with Gasteiger partial charge < -0.3 is 4.42 Å². The van der Waals surface area contributed by atoms with Gasteiger partial charge in [0.2, 0.25) is 0 Å². The number of benzene rings is 2. The number of furan rings is 1. The highest BCUT2D eigenvalue weighted by molar-refractivity contribution is 8.03. The van der Waals surface area contributed by atoms with Gasteiger partial charge in [-0.3, -0.25) is 14.5 Å². The zero-order valence-corrected chi connectivity index (χ0v) is 16.6. The molecule has 0 bridgehead atoms. The van der Waals surface area contributed by atoms with Crippen LogP contribution in [-0.4, -0.2) is 23.3 Å². The molecule has 2 amide bonds. The minimum Gasteiger partial charge on any atom is -0.468 e. The number of nitrogens with zero attached hydrogens (tertiary/aromatic N) is 1. The Bertz CT molecular complexity index is 1090. The molecule has 0 N–H and O–H groups in total. The van der Waals surface area contributed by atoms with E-state index < -0.39 is 17.6 Å². The highest BCUT2D eigenvalue weighted by atomic mass is 32.2. The number of rotatable bonds is 7. The van der Waals surface area contributed by atoms with Crippen LogP contribution in [0.15, 0.2) is 76.2 Å². The summed E-state index contributed by atoms with van der Waals surface area (Å²) in [6, 6.07) is 15.0. The third-order valence-corrected chi connectivity index (χ3v) is 5.83. The summed E-state index contributed by atoms with van der Waals surface area (Å²) < 4.78 is 31.8. The number of thioether (sulfide) groups is 1. The maximum atomic E-state index is 13.4. The molecule has 1 aliphatic rings. The minimum atomic E-state index is -0.422. The van der Waals surface area contributed by atoms with Crippen molar-refractivity contribution in [1.82, 2.24) is 4.90 Å². The van der Waals surface area contributed by atoms with Crippen molar-refractivity contribution in [2.75, 3.05) is 6.54 Å². The molecule has 2 heterocycles. The van der Waals surface area contributed by atoms with Crippen LogP contribution in [0.2, 0.25) is 0 Å². The molecule has 1 aliphatic heterocycles. The van der Waals surface area contributed by atoms with Crippen LogP contribution in [0.3, 0.4) is 0 Å². The molecule has 2 aromatic carbocycles. The second kappa shape index (κ2) is 8.67. The first-order valence-electron chi connectivity index (χ1n) is 9.29. The van der Waals surface area contributed by atoms with Gasteiger partial charge in [-0.2, -0.15) is 0 Å². The summed E-state index contributed by atoms with van der Waals surface area (Å²) in [7, 11) is 0. The number of halogens is 2. The average molecular weight is 425 g/mol. The molecule has 4 rings (SSSR count). The SMILES string of the molecule is O=C1C(SCc2ccco2)=C(c2ccc(F)cc2)C(=O)N1CCc1ccc(F)cc1. The molecule has 0 spiro atoms. The smallest absolute Gasteiger partial charge is 0.268 e. The average Bonchev–Trinajstić information content (AvgIpc) is 3.34. The molecule has 3 aromatic rings. The Morgan fingerprint density at radius 3 is 2.17 bits per heavy atom. The summed E-state index contributed by atoms with van der Waals surface area (Å²) in [5.74, 6) is -0.514. The van der Waals surface area contributed by atoms with E-state index in [4.69, 9.17) is 4.42 Å². The molecule has 1 aromatic heterocycles. The predicted octanol–water partition coefficient (Wildman–Crippen LogP) is 4.81. The number of carbonyl (C=O) groups is 2. The normalized spacial score (nSPS) is 14.1. The maximum absolute atomic E-state index is 13.4. The Morgan fingerprint density at radius 2 is 1.53 bits per heavy atom. The molecule has 0 fully saturated rings. The standard InChI is InChI=1S/C23H17F2NO3S/c24-17-7-3-15(4-8-17)11-12-26-22(27)20(16-5-9-18(25)10-6-16)21(23(26)28)30-14-19-2-1-13-29-19/h1-10,13H,11-12,14H2. The van der Waals surface area contributed by atoms with Crippen molar-refractivity contribution >= 4 is 29.1 Å². The third kappa shape index (κ3) is 4.21. The van der Waals surface area contributed by atoms with Crippen molar-refractivity contribution in [3.8, 4) is 0 Å². The van der Waals surface area contributed by atoms with Gasteiger partial charge in [0.05, 0.1) is 22.5 Å². The Kier molecular flexibility index (Phi) is 5.81. The number of amides is 2. The Morgan fingerprint density at radius 1 is 0.867 bits per heavy atom. The Hall–Kier alpha value is -3.19. The fourth-order valence-corrected chi connectivity index (χ4v) is 4.23. The molecule has 0 atom stereocenters. The van der Waals surface area contributed by atoms with E-state index >= 15 is 0 Å². The quantitative estimate of drug-likeness (QED) is 0.510. The summed E-state index contributed by atoms with van der Waals surface area (Å²) in [5.41, 5.74) is 1.56. The van der Waals surface area contributed by atoms with E-state index in [2.05, 4.69) is 0 Å². The summed E-state index contributed by atoms with van der Waals surface area (Å²) in [5, 5.41) is 0. The second-order valence-electron chi connectivity index (χ2n) is 6.72. The lowest BCUT2D eigenvalue weighted by atomic mass is 10.1. The van der Waals surface area contributed by atoms with E-state index in [1.165, 1.54) is 53.1 Å². The molecule has 0 saturated heterocycles. The number of hydrogen-bond acceptors (Lipinski definition) is 4. The number of imide groups is 1. The number of hydrogen-bond donors (Lipinski definition) is 0. The van der Waals surface area contributed by atoms with Gasteiger partial charge in [0, 0.05) is 6.54 Å². The van der Waals surface area contributed by atoms with Crippen molar-refractivity contribution in [3.05, 3.63) is 100 Å². The largest absolute Gasteiger partial charge is 0.468 e. The zero-order valence-electron chi connectivity index (χ0n) is 15.8. The molecule has 30 heavy (non-hydrogen) atoms. The van der Waals surface area contributed by atoms with Crippen LogP contribution in [0.25, 0.3) is 5.57 Å². The highest BCUT2D eigenvalue weighted by Gasteiger charge is 2.38. The minimum absolute atomic E-state index is 0.165. The third-order valence-electron chi connectivity index (χ3n) is 4.73. The van der Waals surface area contributed by atoms with Gasteiger partial charge in [0.15, 0.2) is 0 Å².